The van der Waals surface area contributed by atoms with Crippen LogP contribution in [0.3, 0.4) is 0 Å². The van der Waals surface area contributed by atoms with E-state index in [1.165, 1.54) is 12.8 Å². The maximum atomic E-state index is 4.79. The molecule has 0 radical (unpaired) electrons. The van der Waals surface area contributed by atoms with Crippen LogP contribution in [0.4, 0.5) is 11.6 Å². The lowest BCUT2D eigenvalue weighted by atomic mass is 10.2. The van der Waals surface area contributed by atoms with Gasteiger partial charge in [0.25, 0.3) is 0 Å². The van der Waals surface area contributed by atoms with Gasteiger partial charge in [0.1, 0.15) is 11.6 Å². The Labute approximate surface area is 126 Å². The normalized spacial score (nSPS) is 14.0. The van der Waals surface area contributed by atoms with Crippen molar-refractivity contribution >= 4 is 11.6 Å². The molecule has 0 bridgehead atoms. The van der Waals surface area contributed by atoms with Gasteiger partial charge in [-0.15, -0.1) is 0 Å². The van der Waals surface area contributed by atoms with E-state index in [-0.39, 0.29) is 0 Å². The zero-order chi connectivity index (χ0) is 14.7. The summed E-state index contributed by atoms with van der Waals surface area (Å²) in [5.74, 6) is 2.73. The van der Waals surface area contributed by atoms with Gasteiger partial charge in [-0.25, -0.2) is 9.97 Å². The van der Waals surface area contributed by atoms with Crippen LogP contribution in [0.5, 0.6) is 0 Å². The molecular formula is C17H22N4. The highest BCUT2D eigenvalue weighted by Gasteiger charge is 2.29. The molecule has 1 aliphatic carbocycles. The molecule has 1 aromatic heterocycles. The van der Waals surface area contributed by atoms with Gasteiger partial charge in [-0.1, -0.05) is 30.3 Å². The number of benzene rings is 1. The fourth-order valence-corrected chi connectivity index (χ4v) is 2.56. The number of rotatable bonds is 6. The lowest BCUT2D eigenvalue weighted by molar-refractivity contribution is 0.806. The van der Waals surface area contributed by atoms with E-state index >= 15 is 0 Å². The fourth-order valence-electron chi connectivity index (χ4n) is 2.56. The van der Waals surface area contributed by atoms with Crippen molar-refractivity contribution < 1.29 is 0 Å². The summed E-state index contributed by atoms with van der Waals surface area (Å²) in [6.07, 6.45) is 2.55. The fraction of sp³-hybridized carbons (Fsp3) is 0.412. The van der Waals surface area contributed by atoms with Gasteiger partial charge in [-0.05, 0) is 26.7 Å². The first-order chi connectivity index (χ1) is 10.3. The van der Waals surface area contributed by atoms with Gasteiger partial charge in [0.2, 0.25) is 0 Å². The van der Waals surface area contributed by atoms with Crippen LogP contribution in [0.25, 0.3) is 11.4 Å². The highest BCUT2D eigenvalue weighted by molar-refractivity contribution is 5.62. The molecule has 4 nitrogen and oxygen atoms in total. The average Bonchev–Trinajstić information content (AvgIpc) is 3.34. The SMILES string of the molecule is CCNc1cc(N(CC)C2CC2)nc(-c2ccccc2)n1. The van der Waals surface area contributed by atoms with Gasteiger partial charge in [-0.2, -0.15) is 0 Å². The molecule has 1 aromatic carbocycles. The standard InChI is InChI=1S/C17H22N4/c1-3-18-15-12-16(21(4-2)14-10-11-14)20-17(19-15)13-8-6-5-7-9-13/h5-9,12,14H,3-4,10-11H2,1-2H3,(H,18,19,20). The number of aromatic nitrogens is 2. The van der Waals surface area contributed by atoms with Gasteiger partial charge in [0.05, 0.1) is 0 Å². The van der Waals surface area contributed by atoms with Crippen molar-refractivity contribution in [2.75, 3.05) is 23.3 Å². The summed E-state index contributed by atoms with van der Waals surface area (Å²) in [6, 6.07) is 12.9. The van der Waals surface area contributed by atoms with Gasteiger partial charge in [0.15, 0.2) is 5.82 Å². The summed E-state index contributed by atoms with van der Waals surface area (Å²) in [7, 11) is 0. The third-order valence-electron chi connectivity index (χ3n) is 3.73. The second kappa shape index (κ2) is 6.12. The molecule has 0 unspecified atom stereocenters. The first kappa shape index (κ1) is 13.9. The first-order valence-electron chi connectivity index (χ1n) is 7.76. The minimum absolute atomic E-state index is 0.656. The smallest absolute Gasteiger partial charge is 0.163 e. The van der Waals surface area contributed by atoms with Crippen LogP contribution < -0.4 is 10.2 Å². The molecule has 0 amide bonds. The Bertz CT molecular complexity index is 593. The second-order valence-electron chi connectivity index (χ2n) is 5.35. The molecular weight excluding hydrogens is 260 g/mol. The number of hydrogen-bond acceptors (Lipinski definition) is 4. The largest absolute Gasteiger partial charge is 0.370 e. The Morgan fingerprint density at radius 1 is 1.14 bits per heavy atom. The molecule has 0 atom stereocenters. The van der Waals surface area contributed by atoms with Crippen LogP contribution >= 0.6 is 0 Å². The summed E-state index contributed by atoms with van der Waals surface area (Å²) in [6.45, 7) is 6.12. The molecule has 1 heterocycles. The van der Waals surface area contributed by atoms with Gasteiger partial charge in [-0.3, -0.25) is 0 Å². The van der Waals surface area contributed by atoms with Crippen molar-refractivity contribution in [2.24, 2.45) is 0 Å². The lowest BCUT2D eigenvalue weighted by Crippen LogP contribution is -2.26. The van der Waals surface area contributed by atoms with E-state index in [4.69, 9.17) is 4.98 Å². The molecule has 110 valence electrons. The number of nitrogens with one attached hydrogen (secondary N) is 1. The number of anilines is 2. The molecule has 1 fully saturated rings. The first-order valence-corrected chi connectivity index (χ1v) is 7.76. The summed E-state index contributed by atoms with van der Waals surface area (Å²) in [5, 5.41) is 3.32. The van der Waals surface area contributed by atoms with E-state index in [2.05, 4.69) is 47.2 Å². The van der Waals surface area contributed by atoms with Gasteiger partial charge < -0.3 is 10.2 Å². The Morgan fingerprint density at radius 2 is 1.90 bits per heavy atom. The quantitative estimate of drug-likeness (QED) is 0.879. The molecule has 21 heavy (non-hydrogen) atoms. The van der Waals surface area contributed by atoms with Crippen LogP contribution in [0.1, 0.15) is 26.7 Å². The monoisotopic (exact) mass is 282 g/mol. The van der Waals surface area contributed by atoms with E-state index < -0.39 is 0 Å². The third kappa shape index (κ3) is 3.15. The van der Waals surface area contributed by atoms with Crippen molar-refractivity contribution in [2.45, 2.75) is 32.7 Å². The summed E-state index contributed by atoms with van der Waals surface area (Å²) < 4.78 is 0. The maximum absolute atomic E-state index is 4.79. The van der Waals surface area contributed by atoms with Crippen LogP contribution in [-0.4, -0.2) is 29.1 Å². The van der Waals surface area contributed by atoms with Crippen molar-refractivity contribution in [1.29, 1.82) is 0 Å². The van der Waals surface area contributed by atoms with Crippen molar-refractivity contribution in [1.82, 2.24) is 9.97 Å². The Morgan fingerprint density at radius 3 is 2.52 bits per heavy atom. The predicted octanol–water partition coefficient (Wildman–Crippen LogP) is 3.56. The molecule has 1 aliphatic rings. The topological polar surface area (TPSA) is 41.0 Å². The molecule has 0 saturated heterocycles. The molecule has 2 aromatic rings. The highest BCUT2D eigenvalue weighted by Crippen LogP contribution is 2.32. The van der Waals surface area contributed by atoms with E-state index in [9.17, 15) is 0 Å². The van der Waals surface area contributed by atoms with E-state index in [1.54, 1.807) is 0 Å². The molecule has 0 aliphatic heterocycles. The van der Waals surface area contributed by atoms with Gasteiger partial charge >= 0.3 is 0 Å². The zero-order valence-corrected chi connectivity index (χ0v) is 12.7. The Balaban J connectivity index is 2.01. The van der Waals surface area contributed by atoms with Crippen molar-refractivity contribution in [3.63, 3.8) is 0 Å². The Hall–Kier alpha value is -2.10. The molecule has 3 rings (SSSR count). The lowest BCUT2D eigenvalue weighted by Gasteiger charge is -2.22. The van der Waals surface area contributed by atoms with Crippen molar-refractivity contribution in [3.05, 3.63) is 36.4 Å². The Kier molecular flexibility index (Phi) is 4.04. The van der Waals surface area contributed by atoms with E-state index in [1.807, 2.05) is 18.2 Å². The summed E-state index contributed by atoms with van der Waals surface area (Å²) in [5.41, 5.74) is 1.06. The van der Waals surface area contributed by atoms with E-state index in [0.717, 1.165) is 36.1 Å². The minimum atomic E-state index is 0.656. The van der Waals surface area contributed by atoms with Gasteiger partial charge in [0, 0.05) is 30.8 Å². The number of hydrogen-bond donors (Lipinski definition) is 1. The second-order valence-corrected chi connectivity index (χ2v) is 5.35. The van der Waals surface area contributed by atoms with Crippen LogP contribution in [0, 0.1) is 0 Å². The average molecular weight is 282 g/mol. The van der Waals surface area contributed by atoms with Crippen LogP contribution in [0.15, 0.2) is 36.4 Å². The number of nitrogens with zero attached hydrogens (tertiary/aromatic N) is 3. The van der Waals surface area contributed by atoms with Crippen molar-refractivity contribution in [3.8, 4) is 11.4 Å². The molecule has 4 heteroatoms. The zero-order valence-electron chi connectivity index (χ0n) is 12.7. The summed E-state index contributed by atoms with van der Waals surface area (Å²) in [4.78, 5) is 11.8. The predicted molar refractivity (Wildman–Crippen MR) is 87.7 cm³/mol. The third-order valence-corrected chi connectivity index (χ3v) is 3.73. The molecule has 0 spiro atoms. The van der Waals surface area contributed by atoms with Crippen LogP contribution in [-0.2, 0) is 0 Å². The summed E-state index contributed by atoms with van der Waals surface area (Å²) >= 11 is 0. The highest BCUT2D eigenvalue weighted by atomic mass is 15.2. The van der Waals surface area contributed by atoms with E-state index in [0.29, 0.717) is 6.04 Å². The maximum Gasteiger partial charge on any atom is 0.163 e. The molecule has 1 N–H and O–H groups in total. The molecule has 1 saturated carbocycles. The van der Waals surface area contributed by atoms with Crippen LogP contribution in [0.2, 0.25) is 0 Å². The minimum Gasteiger partial charge on any atom is -0.370 e.